The molecule has 5 aromatic heterocycles. The van der Waals surface area contributed by atoms with Crippen molar-refractivity contribution < 1.29 is 4.42 Å². The molecule has 0 radical (unpaired) electrons. The third-order valence-corrected chi connectivity index (χ3v) is 13.7. The van der Waals surface area contributed by atoms with Crippen LogP contribution in [0.1, 0.15) is 0 Å². The number of hydrogen-bond donors (Lipinski definition) is 0. The molecule has 0 N–H and O–H groups in total. The largest absolute Gasteiger partial charge is 0.454 e. The van der Waals surface area contributed by atoms with E-state index in [-0.39, 0.29) is 0 Å². The lowest BCUT2D eigenvalue weighted by Gasteiger charge is -2.13. The summed E-state index contributed by atoms with van der Waals surface area (Å²) in [5.74, 6) is 1.72. The molecule has 0 fully saturated rings. The van der Waals surface area contributed by atoms with Crippen molar-refractivity contribution in [2.75, 3.05) is 0 Å². The van der Waals surface area contributed by atoms with E-state index in [0.29, 0.717) is 17.6 Å². The SMILES string of the molecule is c1ccc2cc3c(cc2c1)c1ccccc1n3-c1ccc(-c2nc(-c3ccc4sc5ccccc5c4c3)nc(-n3c4ccccc4c4ccccc43)n2)c2c1oc1ccccc12. The first-order valence-corrected chi connectivity index (χ1v) is 21.6. The molecule has 9 aromatic carbocycles. The van der Waals surface area contributed by atoms with Crippen molar-refractivity contribution in [3.05, 3.63) is 188 Å². The number of rotatable bonds is 4. The van der Waals surface area contributed by atoms with Gasteiger partial charge in [-0.05, 0) is 83.6 Å². The molecule has 0 aliphatic carbocycles. The zero-order chi connectivity index (χ0) is 40.5. The third kappa shape index (κ3) is 4.76. The van der Waals surface area contributed by atoms with Gasteiger partial charge < -0.3 is 8.98 Å². The van der Waals surface area contributed by atoms with Gasteiger partial charge in [0.2, 0.25) is 5.95 Å². The Hall–Kier alpha value is -8.13. The third-order valence-electron chi connectivity index (χ3n) is 12.6. The molecule has 0 amide bonds. The standard InChI is InChI=1S/C55H31N5OS/c1-2-14-33-31-47-41(29-32(33)13-1)37-17-5-8-20-43(37)59(47)46-27-26-40(51-39-19-6-11-23-48(39)61-52(46)51)54-56-53(34-25-28-50-42(30-34)38-18-7-12-24-49(38)62-50)57-55(58-54)60-44-21-9-3-15-35(44)36-16-4-10-22-45(36)60/h1-31H. The first-order valence-electron chi connectivity index (χ1n) is 20.8. The Labute approximate surface area is 357 Å². The van der Waals surface area contributed by atoms with Crippen molar-refractivity contribution in [2.45, 2.75) is 0 Å². The van der Waals surface area contributed by atoms with Gasteiger partial charge in [-0.2, -0.15) is 9.97 Å². The van der Waals surface area contributed by atoms with Crippen LogP contribution in [0.4, 0.5) is 0 Å². The fraction of sp³-hybridized carbons (Fsp3) is 0. The number of thiophene rings is 1. The second-order valence-corrected chi connectivity index (χ2v) is 17.0. The van der Waals surface area contributed by atoms with E-state index in [9.17, 15) is 0 Å². The normalized spacial score (nSPS) is 12.2. The summed E-state index contributed by atoms with van der Waals surface area (Å²) in [4.78, 5) is 16.2. The van der Waals surface area contributed by atoms with Gasteiger partial charge in [0.15, 0.2) is 17.2 Å². The molecule has 0 saturated heterocycles. The zero-order valence-corrected chi connectivity index (χ0v) is 33.8. The molecule has 0 saturated carbocycles. The summed E-state index contributed by atoms with van der Waals surface area (Å²) in [5, 5.41) is 11.4. The zero-order valence-electron chi connectivity index (χ0n) is 33.0. The molecule has 0 unspecified atom stereocenters. The summed E-state index contributed by atoms with van der Waals surface area (Å²) in [6.45, 7) is 0. The molecule has 14 rings (SSSR count). The van der Waals surface area contributed by atoms with E-state index in [2.05, 4.69) is 185 Å². The first kappa shape index (κ1) is 33.7. The Kier molecular flexibility index (Phi) is 6.89. The van der Waals surface area contributed by atoms with E-state index in [0.717, 1.165) is 71.6 Å². The monoisotopic (exact) mass is 809 g/mol. The van der Waals surface area contributed by atoms with Crippen molar-refractivity contribution >= 4 is 108 Å². The van der Waals surface area contributed by atoms with Crippen LogP contribution in [0.5, 0.6) is 0 Å². The predicted molar refractivity (Wildman–Crippen MR) is 257 cm³/mol. The summed E-state index contributed by atoms with van der Waals surface area (Å²) in [6, 6.07) is 66.6. The van der Waals surface area contributed by atoms with E-state index < -0.39 is 0 Å². The van der Waals surface area contributed by atoms with Crippen molar-refractivity contribution in [2.24, 2.45) is 0 Å². The molecular weight excluding hydrogens is 779 g/mol. The van der Waals surface area contributed by atoms with Crippen LogP contribution < -0.4 is 0 Å². The van der Waals surface area contributed by atoms with Gasteiger partial charge in [-0.25, -0.2) is 4.98 Å². The molecule has 14 aromatic rings. The number of nitrogens with zero attached hydrogens (tertiary/aromatic N) is 5. The fourth-order valence-corrected chi connectivity index (χ4v) is 10.9. The highest BCUT2D eigenvalue weighted by molar-refractivity contribution is 7.25. The average Bonchev–Trinajstić information content (AvgIpc) is 4.08. The summed E-state index contributed by atoms with van der Waals surface area (Å²) < 4.78 is 14.0. The lowest BCUT2D eigenvalue weighted by Crippen LogP contribution is -2.06. The van der Waals surface area contributed by atoms with Gasteiger partial charge in [0.1, 0.15) is 5.58 Å². The van der Waals surface area contributed by atoms with Crippen molar-refractivity contribution in [3.8, 4) is 34.4 Å². The van der Waals surface area contributed by atoms with Gasteiger partial charge in [-0.3, -0.25) is 4.57 Å². The molecule has 288 valence electrons. The Balaban J connectivity index is 1.08. The van der Waals surface area contributed by atoms with Crippen molar-refractivity contribution in [1.82, 2.24) is 24.1 Å². The lowest BCUT2D eigenvalue weighted by atomic mass is 10.0. The Morgan fingerprint density at radius 1 is 0.403 bits per heavy atom. The number of hydrogen-bond acceptors (Lipinski definition) is 5. The summed E-state index contributed by atoms with van der Waals surface area (Å²) in [5.41, 5.74) is 8.61. The Morgan fingerprint density at radius 3 is 1.77 bits per heavy atom. The number of benzene rings is 9. The molecule has 0 aliphatic heterocycles. The van der Waals surface area contributed by atoms with Gasteiger partial charge in [0.25, 0.3) is 0 Å². The topological polar surface area (TPSA) is 61.7 Å². The van der Waals surface area contributed by atoms with E-state index in [1.165, 1.54) is 41.7 Å². The number of para-hydroxylation sites is 4. The maximum Gasteiger partial charge on any atom is 0.238 e. The highest BCUT2D eigenvalue weighted by Gasteiger charge is 2.24. The molecular formula is C55H31N5OS. The molecule has 7 heteroatoms. The highest BCUT2D eigenvalue weighted by atomic mass is 32.1. The van der Waals surface area contributed by atoms with Gasteiger partial charge in [-0.1, -0.05) is 115 Å². The number of furan rings is 1. The van der Waals surface area contributed by atoms with Crippen LogP contribution in [0, 0.1) is 0 Å². The minimum Gasteiger partial charge on any atom is -0.454 e. The molecule has 5 heterocycles. The summed E-state index contributed by atoms with van der Waals surface area (Å²) in [7, 11) is 0. The van der Waals surface area contributed by atoms with E-state index in [1.807, 2.05) is 12.1 Å². The quantitative estimate of drug-likeness (QED) is 0.178. The van der Waals surface area contributed by atoms with Gasteiger partial charge in [-0.15, -0.1) is 11.3 Å². The molecule has 62 heavy (non-hydrogen) atoms. The van der Waals surface area contributed by atoms with Gasteiger partial charge in [0.05, 0.1) is 27.8 Å². The van der Waals surface area contributed by atoms with Gasteiger partial charge >= 0.3 is 0 Å². The summed E-state index contributed by atoms with van der Waals surface area (Å²) in [6.07, 6.45) is 0. The molecule has 0 aliphatic rings. The Bertz CT molecular complexity index is 4130. The number of aromatic nitrogens is 5. The summed E-state index contributed by atoms with van der Waals surface area (Å²) >= 11 is 1.81. The van der Waals surface area contributed by atoms with Crippen LogP contribution in [0.25, 0.3) is 131 Å². The smallest absolute Gasteiger partial charge is 0.238 e. The second-order valence-electron chi connectivity index (χ2n) is 16.0. The average molecular weight is 810 g/mol. The second kappa shape index (κ2) is 12.7. The van der Waals surface area contributed by atoms with Crippen LogP contribution in [0.3, 0.4) is 0 Å². The van der Waals surface area contributed by atoms with E-state index >= 15 is 0 Å². The van der Waals surface area contributed by atoms with E-state index in [4.69, 9.17) is 19.4 Å². The van der Waals surface area contributed by atoms with Crippen LogP contribution >= 0.6 is 11.3 Å². The van der Waals surface area contributed by atoms with Crippen LogP contribution in [0.15, 0.2) is 192 Å². The number of fused-ring (bicyclic) bond motifs is 13. The molecule has 0 atom stereocenters. The fourth-order valence-electron chi connectivity index (χ4n) is 9.81. The van der Waals surface area contributed by atoms with Crippen LogP contribution in [-0.4, -0.2) is 24.1 Å². The van der Waals surface area contributed by atoms with Gasteiger partial charge in [0, 0.05) is 63.6 Å². The minimum absolute atomic E-state index is 0.553. The maximum absolute atomic E-state index is 6.97. The van der Waals surface area contributed by atoms with Crippen molar-refractivity contribution in [3.63, 3.8) is 0 Å². The molecule has 6 nitrogen and oxygen atoms in total. The molecule has 0 spiro atoms. The van der Waals surface area contributed by atoms with Crippen LogP contribution in [0.2, 0.25) is 0 Å². The first-order chi connectivity index (χ1) is 30.7. The van der Waals surface area contributed by atoms with Crippen LogP contribution in [-0.2, 0) is 0 Å². The van der Waals surface area contributed by atoms with E-state index in [1.54, 1.807) is 11.3 Å². The highest BCUT2D eigenvalue weighted by Crippen LogP contribution is 2.44. The maximum atomic E-state index is 6.97. The Morgan fingerprint density at radius 2 is 1.00 bits per heavy atom. The predicted octanol–water partition coefficient (Wildman–Crippen LogP) is 14.8. The minimum atomic E-state index is 0.553. The van der Waals surface area contributed by atoms with Crippen molar-refractivity contribution in [1.29, 1.82) is 0 Å². The molecule has 0 bridgehead atoms. The lowest BCUT2D eigenvalue weighted by molar-refractivity contribution is 0.666.